The van der Waals surface area contributed by atoms with Crippen LogP contribution in [0.15, 0.2) is 42.5 Å². The van der Waals surface area contributed by atoms with Crippen LogP contribution < -0.4 is 5.73 Å². The van der Waals surface area contributed by atoms with Crippen molar-refractivity contribution in [1.29, 1.82) is 0 Å². The van der Waals surface area contributed by atoms with Gasteiger partial charge in [-0.05, 0) is 22.8 Å². The monoisotopic (exact) mass is 253 g/mol. The summed E-state index contributed by atoms with van der Waals surface area (Å²) in [6, 6.07) is 13.0. The topological polar surface area (TPSA) is 26.0 Å². The van der Waals surface area contributed by atoms with Gasteiger partial charge < -0.3 is 5.73 Å². The lowest BCUT2D eigenvalue weighted by atomic mass is 9.97. The molecule has 0 aliphatic carbocycles. The Morgan fingerprint density at radius 1 is 1.00 bits per heavy atom. The summed E-state index contributed by atoms with van der Waals surface area (Å²) >= 11 is 0. The van der Waals surface area contributed by atoms with Crippen LogP contribution in [-0.4, -0.2) is 12.7 Å². The molecule has 0 bridgehead atoms. The van der Waals surface area contributed by atoms with Gasteiger partial charge in [-0.25, -0.2) is 0 Å². The second-order valence-electron chi connectivity index (χ2n) is 4.36. The van der Waals surface area contributed by atoms with Gasteiger partial charge in [0.1, 0.15) is 0 Å². The van der Waals surface area contributed by atoms with E-state index in [0.717, 1.165) is 10.8 Å². The van der Waals surface area contributed by atoms with Gasteiger partial charge >= 0.3 is 6.18 Å². The summed E-state index contributed by atoms with van der Waals surface area (Å²) in [5, 5.41) is 1.98. The lowest BCUT2D eigenvalue weighted by molar-refractivity contribution is -0.171. The third kappa shape index (κ3) is 2.82. The first-order valence-corrected chi connectivity index (χ1v) is 5.75. The van der Waals surface area contributed by atoms with Gasteiger partial charge in [0.05, 0.1) is 5.92 Å². The van der Waals surface area contributed by atoms with Crippen LogP contribution in [0.2, 0.25) is 0 Å². The van der Waals surface area contributed by atoms with E-state index in [-0.39, 0.29) is 13.0 Å². The normalized spacial score (nSPS) is 13.8. The highest BCUT2D eigenvalue weighted by Crippen LogP contribution is 2.29. The fraction of sp³-hybridized carbons (Fsp3) is 0.286. The molecule has 2 aromatic carbocycles. The fourth-order valence-corrected chi connectivity index (χ4v) is 1.98. The second-order valence-corrected chi connectivity index (χ2v) is 4.36. The molecule has 96 valence electrons. The quantitative estimate of drug-likeness (QED) is 0.889. The van der Waals surface area contributed by atoms with E-state index in [4.69, 9.17) is 5.73 Å². The molecule has 1 nitrogen and oxygen atoms in total. The van der Waals surface area contributed by atoms with Gasteiger partial charge in [-0.15, -0.1) is 0 Å². The minimum absolute atomic E-state index is 0.0646. The number of hydrogen-bond donors (Lipinski definition) is 1. The van der Waals surface area contributed by atoms with Crippen LogP contribution in [0.25, 0.3) is 10.8 Å². The van der Waals surface area contributed by atoms with Crippen molar-refractivity contribution in [1.82, 2.24) is 0 Å². The lowest BCUT2D eigenvalue weighted by Gasteiger charge is -2.18. The Balaban J connectivity index is 2.26. The SMILES string of the molecule is NCC(Cc1ccc2ccccc2c1)C(F)(F)F. The molecule has 0 heterocycles. The number of hydrogen-bond acceptors (Lipinski definition) is 1. The van der Waals surface area contributed by atoms with Crippen molar-refractivity contribution in [2.45, 2.75) is 12.6 Å². The average Bonchev–Trinajstić information content (AvgIpc) is 2.34. The summed E-state index contributed by atoms with van der Waals surface area (Å²) in [5.41, 5.74) is 5.87. The number of halogens is 3. The van der Waals surface area contributed by atoms with Crippen LogP contribution in [0.5, 0.6) is 0 Å². The Kier molecular flexibility index (Phi) is 3.57. The first-order chi connectivity index (χ1) is 8.50. The average molecular weight is 253 g/mol. The van der Waals surface area contributed by atoms with E-state index in [1.54, 1.807) is 12.1 Å². The maximum Gasteiger partial charge on any atom is 0.393 e. The predicted octanol–water partition coefficient (Wildman–Crippen LogP) is 3.52. The van der Waals surface area contributed by atoms with Gasteiger partial charge in [-0.2, -0.15) is 13.2 Å². The molecule has 0 aliphatic heterocycles. The van der Waals surface area contributed by atoms with Gasteiger partial charge in [0.15, 0.2) is 0 Å². The third-order valence-electron chi connectivity index (χ3n) is 3.04. The Hall–Kier alpha value is -1.55. The molecule has 0 aromatic heterocycles. The van der Waals surface area contributed by atoms with E-state index in [9.17, 15) is 13.2 Å². The molecule has 0 amide bonds. The van der Waals surface area contributed by atoms with E-state index in [0.29, 0.717) is 5.56 Å². The van der Waals surface area contributed by atoms with Crippen LogP contribution in [0.3, 0.4) is 0 Å². The van der Waals surface area contributed by atoms with Crippen LogP contribution in [0.1, 0.15) is 5.56 Å². The summed E-state index contributed by atoms with van der Waals surface area (Å²) in [4.78, 5) is 0. The molecule has 4 heteroatoms. The Morgan fingerprint density at radius 2 is 1.67 bits per heavy atom. The molecule has 0 fully saturated rings. The molecule has 1 atom stereocenters. The molecular formula is C14H14F3N. The second kappa shape index (κ2) is 4.98. The summed E-state index contributed by atoms with van der Waals surface area (Å²) in [6.45, 7) is -0.379. The van der Waals surface area contributed by atoms with E-state index in [1.807, 2.05) is 30.3 Å². The summed E-state index contributed by atoms with van der Waals surface area (Å²) in [5.74, 6) is -1.47. The molecule has 0 radical (unpaired) electrons. The zero-order chi connectivity index (χ0) is 13.2. The molecule has 2 aromatic rings. The van der Waals surface area contributed by atoms with Gasteiger partial charge in [0.25, 0.3) is 0 Å². The highest BCUT2D eigenvalue weighted by atomic mass is 19.4. The standard InChI is InChI=1S/C14H14F3N/c15-14(16,17)13(9-18)8-10-5-6-11-3-1-2-4-12(11)7-10/h1-7,13H,8-9,18H2. The van der Waals surface area contributed by atoms with E-state index in [2.05, 4.69) is 0 Å². The van der Waals surface area contributed by atoms with Crippen molar-refractivity contribution in [2.75, 3.05) is 6.54 Å². The fourth-order valence-electron chi connectivity index (χ4n) is 1.98. The van der Waals surface area contributed by atoms with Crippen LogP contribution in [-0.2, 0) is 6.42 Å². The van der Waals surface area contributed by atoms with E-state index < -0.39 is 12.1 Å². The largest absolute Gasteiger partial charge is 0.393 e. The zero-order valence-corrected chi connectivity index (χ0v) is 9.74. The molecule has 0 aliphatic rings. The van der Waals surface area contributed by atoms with Crippen LogP contribution >= 0.6 is 0 Å². The number of fused-ring (bicyclic) bond motifs is 1. The molecule has 1 unspecified atom stereocenters. The maximum atomic E-state index is 12.6. The molecule has 0 spiro atoms. The Labute approximate surface area is 103 Å². The van der Waals surface area contributed by atoms with Gasteiger partial charge in [-0.1, -0.05) is 42.5 Å². The zero-order valence-electron chi connectivity index (χ0n) is 9.74. The van der Waals surface area contributed by atoms with Crippen LogP contribution in [0.4, 0.5) is 13.2 Å². The highest BCUT2D eigenvalue weighted by molar-refractivity contribution is 5.82. The van der Waals surface area contributed by atoms with Crippen molar-refractivity contribution in [2.24, 2.45) is 11.7 Å². The molecular weight excluding hydrogens is 239 g/mol. The molecule has 18 heavy (non-hydrogen) atoms. The summed E-state index contributed by atoms with van der Waals surface area (Å²) < 4.78 is 37.9. The summed E-state index contributed by atoms with van der Waals surface area (Å²) in [7, 11) is 0. The third-order valence-corrected chi connectivity index (χ3v) is 3.04. The van der Waals surface area contributed by atoms with Crippen LogP contribution in [0, 0.1) is 5.92 Å². The van der Waals surface area contributed by atoms with Gasteiger partial charge in [0.2, 0.25) is 0 Å². The molecule has 0 saturated heterocycles. The first-order valence-electron chi connectivity index (χ1n) is 5.75. The Bertz CT molecular complexity index is 534. The van der Waals surface area contributed by atoms with E-state index >= 15 is 0 Å². The predicted molar refractivity (Wildman–Crippen MR) is 66.3 cm³/mol. The van der Waals surface area contributed by atoms with Crippen molar-refractivity contribution < 1.29 is 13.2 Å². The van der Waals surface area contributed by atoms with Crippen molar-refractivity contribution in [3.05, 3.63) is 48.0 Å². The highest BCUT2D eigenvalue weighted by Gasteiger charge is 2.38. The van der Waals surface area contributed by atoms with Crippen molar-refractivity contribution >= 4 is 10.8 Å². The first kappa shape index (κ1) is 12.9. The smallest absolute Gasteiger partial charge is 0.330 e. The molecule has 0 saturated carbocycles. The van der Waals surface area contributed by atoms with E-state index in [1.165, 1.54) is 0 Å². The number of rotatable bonds is 3. The minimum Gasteiger partial charge on any atom is -0.330 e. The number of nitrogens with two attached hydrogens (primary N) is 1. The van der Waals surface area contributed by atoms with Gasteiger partial charge in [-0.3, -0.25) is 0 Å². The molecule has 2 rings (SSSR count). The summed E-state index contributed by atoms with van der Waals surface area (Å²) in [6.07, 6.45) is -4.30. The number of benzene rings is 2. The minimum atomic E-state index is -4.24. The van der Waals surface area contributed by atoms with Gasteiger partial charge in [0, 0.05) is 6.54 Å². The Morgan fingerprint density at radius 3 is 2.28 bits per heavy atom. The maximum absolute atomic E-state index is 12.6. The van der Waals surface area contributed by atoms with Crippen molar-refractivity contribution in [3.63, 3.8) is 0 Å². The number of alkyl halides is 3. The molecule has 2 N–H and O–H groups in total. The van der Waals surface area contributed by atoms with Crippen molar-refractivity contribution in [3.8, 4) is 0 Å². The lowest BCUT2D eigenvalue weighted by Crippen LogP contribution is -2.31.